The Kier molecular flexibility index (Phi) is 18.5. The number of hydrogen-bond donors (Lipinski definition) is 5. The zero-order valence-corrected chi connectivity index (χ0v) is 28.1. The molecular weight excluding hydrogens is 629 g/mol. The zero-order valence-electron chi connectivity index (χ0n) is 27.2. The van der Waals surface area contributed by atoms with Crippen molar-refractivity contribution in [2.75, 3.05) is 39.6 Å². The molecule has 2 rings (SSSR count). The third-order valence-corrected chi connectivity index (χ3v) is 9.88. The molecule has 0 saturated carbocycles. The fraction of sp³-hybridized carbons (Fsp3) is 0.900. The van der Waals surface area contributed by atoms with Gasteiger partial charge >= 0.3 is 7.60 Å². The molecule has 0 radical (unpaired) electrons. The second-order valence-electron chi connectivity index (χ2n) is 12.4. The van der Waals surface area contributed by atoms with Gasteiger partial charge in [0.05, 0.1) is 50.2 Å². The predicted octanol–water partition coefficient (Wildman–Crippen LogP) is 1.25. The highest BCUT2D eigenvalue weighted by Crippen LogP contribution is 2.47. The Hall–Kier alpha value is -1.36. The van der Waals surface area contributed by atoms with Gasteiger partial charge in [-0.05, 0) is 19.3 Å². The van der Waals surface area contributed by atoms with E-state index in [1.165, 1.54) is 18.7 Å². The van der Waals surface area contributed by atoms with Crippen LogP contribution < -0.4 is 0 Å². The molecule has 268 valence electrons. The quantitative estimate of drug-likeness (QED) is 0.0337. The van der Waals surface area contributed by atoms with E-state index in [-0.39, 0.29) is 63.6 Å². The first-order chi connectivity index (χ1) is 21.8. The molecule has 0 aliphatic carbocycles. The molecule has 5 N–H and O–H groups in total. The molecule has 16 heteroatoms. The first-order valence-electron chi connectivity index (χ1n) is 16.2. The highest BCUT2D eigenvalue weighted by Gasteiger charge is 2.42. The van der Waals surface area contributed by atoms with Crippen molar-refractivity contribution in [2.24, 2.45) is 5.92 Å². The highest BCUT2D eigenvalue weighted by molar-refractivity contribution is 7.53. The molecule has 46 heavy (non-hydrogen) atoms. The number of ether oxygens (including phenoxy) is 3. The number of hydrogen-bond acceptors (Lipinski definition) is 13. The average Bonchev–Trinajstić information content (AvgIpc) is 3.38. The van der Waals surface area contributed by atoms with Crippen molar-refractivity contribution in [3.63, 3.8) is 0 Å². The van der Waals surface area contributed by atoms with Crippen LogP contribution in [0.3, 0.4) is 0 Å². The summed E-state index contributed by atoms with van der Waals surface area (Å²) in [6.07, 6.45) is 0.183. The topological polar surface area (TPSA) is 219 Å². The molecule has 3 unspecified atom stereocenters. The standard InChI is InChI=1S/C30H54NO14P/c1-20(2)46(39,40)45-43-19-22-15-25(35)17-31(22)27(36)16-24(34)11-14-41-13-10-23(33)9-7-5-4-6-8-12-42-30-21(3)28(37)29(38)26(18-32)44-30/h20-22,25-26,28-30,32,35,37-38H,4-19H2,1-3H3,(H,39,40)/t21?,22-,25+,26?,28+,29-,30+/m0/s1. The third-order valence-electron chi connectivity index (χ3n) is 8.25. The first-order valence-corrected chi connectivity index (χ1v) is 17.9. The number of aliphatic hydroxyl groups is 4. The molecule has 0 spiro atoms. The second kappa shape index (κ2) is 20.9. The third kappa shape index (κ3) is 14.0. The number of nitrogens with zero attached hydrogens (tertiary/aromatic N) is 1. The maximum atomic E-state index is 12.6. The normalized spacial score (nSPS) is 28.0. The van der Waals surface area contributed by atoms with Gasteiger partial charge in [-0.3, -0.25) is 18.9 Å². The lowest BCUT2D eigenvalue weighted by Gasteiger charge is -2.40. The van der Waals surface area contributed by atoms with Crippen molar-refractivity contribution in [1.29, 1.82) is 0 Å². The Bertz CT molecular complexity index is 981. The van der Waals surface area contributed by atoms with Gasteiger partial charge in [-0.25, -0.2) is 4.89 Å². The molecule has 0 bridgehead atoms. The lowest BCUT2D eigenvalue weighted by atomic mass is 9.92. The summed E-state index contributed by atoms with van der Waals surface area (Å²) in [5.74, 6) is -1.18. The van der Waals surface area contributed by atoms with Gasteiger partial charge in [0.2, 0.25) is 5.91 Å². The van der Waals surface area contributed by atoms with Crippen molar-refractivity contribution < 1.29 is 68.0 Å². The maximum absolute atomic E-state index is 12.6. The summed E-state index contributed by atoms with van der Waals surface area (Å²) in [6, 6.07) is -0.599. The molecule has 2 aliphatic rings. The van der Waals surface area contributed by atoms with E-state index >= 15 is 0 Å². The van der Waals surface area contributed by atoms with Gasteiger partial charge in [-0.2, -0.15) is 0 Å². The number of Topliss-reactive ketones (excluding diaryl/α,β-unsaturated/α-hetero) is 2. The SMILES string of the molecule is CC1[C@H](OCCCCCCCC(=O)CCOCCC(=O)CC(=O)N2C[C@H](O)C[C@H]2COOP(=O)(O)C(C)C)OC(CO)[C@H](O)[C@@H]1O. The minimum atomic E-state index is -3.95. The van der Waals surface area contributed by atoms with E-state index in [0.717, 1.165) is 32.1 Å². The Morgan fingerprint density at radius 1 is 0.935 bits per heavy atom. The average molecular weight is 684 g/mol. The van der Waals surface area contributed by atoms with Gasteiger partial charge in [-0.1, -0.05) is 40.0 Å². The van der Waals surface area contributed by atoms with Crippen molar-refractivity contribution >= 4 is 25.1 Å². The van der Waals surface area contributed by atoms with Crippen LogP contribution in [0.25, 0.3) is 0 Å². The lowest BCUT2D eigenvalue weighted by molar-refractivity contribution is -0.282. The van der Waals surface area contributed by atoms with Crippen LogP contribution in [0.1, 0.15) is 85.0 Å². The van der Waals surface area contributed by atoms with Gasteiger partial charge in [0.1, 0.15) is 30.4 Å². The Morgan fingerprint density at radius 3 is 2.26 bits per heavy atom. The summed E-state index contributed by atoms with van der Waals surface area (Å²) >= 11 is 0. The molecule has 2 aliphatic heterocycles. The molecule has 8 atom stereocenters. The molecular formula is C30H54NO14P. The molecule has 2 heterocycles. The molecule has 0 aromatic carbocycles. The summed E-state index contributed by atoms with van der Waals surface area (Å²) in [7, 11) is -3.95. The van der Waals surface area contributed by atoms with Crippen LogP contribution in [0.5, 0.6) is 0 Å². The second-order valence-corrected chi connectivity index (χ2v) is 14.7. The number of rotatable bonds is 23. The molecule has 0 aromatic heterocycles. The number of β-amino-alcohol motifs (C(OH)–C–C–N with tert-alkyl or cyclic N) is 1. The number of unbranched alkanes of at least 4 members (excludes halogenated alkanes) is 4. The number of carbonyl (C=O) groups excluding carboxylic acids is 3. The summed E-state index contributed by atoms with van der Waals surface area (Å²) in [4.78, 5) is 53.0. The van der Waals surface area contributed by atoms with Gasteiger partial charge in [0.25, 0.3) is 0 Å². The molecule has 2 saturated heterocycles. The number of aliphatic hydroxyl groups excluding tert-OH is 4. The predicted molar refractivity (Wildman–Crippen MR) is 163 cm³/mol. The van der Waals surface area contributed by atoms with Crippen molar-refractivity contribution in [3.05, 3.63) is 0 Å². The van der Waals surface area contributed by atoms with Crippen LogP contribution in [-0.2, 0) is 42.7 Å². The van der Waals surface area contributed by atoms with E-state index < -0.39 is 68.4 Å². The summed E-state index contributed by atoms with van der Waals surface area (Å²) in [6.45, 7) is 4.81. The number of amides is 1. The number of ketones is 2. The van der Waals surface area contributed by atoms with Gasteiger partial charge in [0, 0.05) is 38.3 Å². The van der Waals surface area contributed by atoms with E-state index in [1.54, 1.807) is 6.92 Å². The van der Waals surface area contributed by atoms with Crippen LogP contribution in [-0.4, -0.2) is 130 Å². The fourth-order valence-electron chi connectivity index (χ4n) is 5.15. The van der Waals surface area contributed by atoms with Crippen molar-refractivity contribution in [2.45, 2.75) is 127 Å². The number of likely N-dealkylation sites (tertiary alicyclic amines) is 1. The van der Waals surface area contributed by atoms with Crippen LogP contribution in [0.2, 0.25) is 0 Å². The van der Waals surface area contributed by atoms with Crippen LogP contribution in [0.4, 0.5) is 0 Å². The van der Waals surface area contributed by atoms with E-state index in [2.05, 4.69) is 4.67 Å². The summed E-state index contributed by atoms with van der Waals surface area (Å²) in [5, 5.41) is 39.2. The first kappa shape index (κ1) is 40.8. The summed E-state index contributed by atoms with van der Waals surface area (Å²) in [5.41, 5.74) is -0.670. The minimum absolute atomic E-state index is 0.00271. The minimum Gasteiger partial charge on any atom is -0.394 e. The van der Waals surface area contributed by atoms with Gasteiger partial charge < -0.3 is 44.4 Å². The molecule has 1 amide bonds. The highest BCUT2D eigenvalue weighted by atomic mass is 31.2. The Morgan fingerprint density at radius 2 is 1.59 bits per heavy atom. The van der Waals surface area contributed by atoms with Crippen molar-refractivity contribution in [3.8, 4) is 0 Å². The maximum Gasteiger partial charge on any atom is 0.357 e. The van der Waals surface area contributed by atoms with E-state index in [1.807, 2.05) is 0 Å². The Balaban J connectivity index is 1.48. The van der Waals surface area contributed by atoms with Crippen molar-refractivity contribution in [1.82, 2.24) is 4.90 Å². The lowest BCUT2D eigenvalue weighted by Crippen LogP contribution is -2.55. The van der Waals surface area contributed by atoms with Gasteiger partial charge in [0.15, 0.2) is 6.29 Å². The smallest absolute Gasteiger partial charge is 0.357 e. The molecule has 2 fully saturated rings. The van der Waals surface area contributed by atoms with Gasteiger partial charge in [-0.15, -0.1) is 4.67 Å². The number of carbonyl (C=O) groups is 3. The summed E-state index contributed by atoms with van der Waals surface area (Å²) < 4.78 is 33.1. The molecule has 15 nitrogen and oxygen atoms in total. The fourth-order valence-corrected chi connectivity index (χ4v) is 5.53. The van der Waals surface area contributed by atoms with Crippen LogP contribution in [0, 0.1) is 5.92 Å². The zero-order chi connectivity index (χ0) is 34.3. The van der Waals surface area contributed by atoms with E-state index in [4.69, 9.17) is 19.1 Å². The Labute approximate surface area is 270 Å². The molecule has 0 aromatic rings. The largest absolute Gasteiger partial charge is 0.394 e. The van der Waals surface area contributed by atoms with E-state index in [0.29, 0.717) is 13.0 Å². The van der Waals surface area contributed by atoms with Crippen LogP contribution >= 0.6 is 7.60 Å². The van der Waals surface area contributed by atoms with Crippen LogP contribution in [0.15, 0.2) is 0 Å². The van der Waals surface area contributed by atoms with E-state index in [9.17, 15) is 44.3 Å². The monoisotopic (exact) mass is 683 g/mol.